The lowest BCUT2D eigenvalue weighted by atomic mass is 9.78. The van der Waals surface area contributed by atoms with E-state index in [1.807, 2.05) is 7.05 Å². The molecule has 1 aromatic rings. The first-order valence-electron chi connectivity index (χ1n) is 7.81. The summed E-state index contributed by atoms with van der Waals surface area (Å²) in [5, 5.41) is 7.24. The van der Waals surface area contributed by atoms with E-state index in [0.717, 1.165) is 19.0 Å². The molecule has 1 fully saturated rings. The summed E-state index contributed by atoms with van der Waals surface area (Å²) in [5.41, 5.74) is 0.396. The van der Waals surface area contributed by atoms with Gasteiger partial charge in [0, 0.05) is 27.1 Å². The van der Waals surface area contributed by atoms with Crippen LogP contribution in [0.3, 0.4) is 0 Å². The van der Waals surface area contributed by atoms with E-state index in [1.165, 1.54) is 25.7 Å². The van der Waals surface area contributed by atoms with Crippen LogP contribution in [0.5, 0.6) is 0 Å². The summed E-state index contributed by atoms with van der Waals surface area (Å²) < 4.78 is 4.99. The largest absolute Gasteiger partial charge is 0.349 e. The summed E-state index contributed by atoms with van der Waals surface area (Å²) in [6, 6.07) is 0. The van der Waals surface area contributed by atoms with Gasteiger partial charge in [0.2, 0.25) is 5.89 Å². The van der Waals surface area contributed by atoms with Gasteiger partial charge in [0.1, 0.15) is 0 Å². The molecule has 1 aliphatic heterocycles. The highest BCUT2D eigenvalue weighted by Crippen LogP contribution is 2.33. The average molecular weight is 421 g/mol. The van der Waals surface area contributed by atoms with E-state index in [-0.39, 0.29) is 24.0 Å². The molecule has 2 heterocycles. The van der Waals surface area contributed by atoms with Crippen LogP contribution in [0.15, 0.2) is 9.52 Å². The monoisotopic (exact) mass is 421 g/mol. The normalized spacial score (nSPS) is 22.4. The molecule has 0 aromatic carbocycles. The van der Waals surface area contributed by atoms with Gasteiger partial charge in [0.25, 0.3) is 0 Å². The standard InChI is InChI=1S/C15H27N5O.HI/c1-5-7-15(3)8-6-9-20(11-15)14(16-4)17-10-13-18-12(2)21-19-13;/h5-11H2,1-4H3,(H,16,17);1H. The molecule has 1 N–H and O–H groups in total. The summed E-state index contributed by atoms with van der Waals surface area (Å²) in [5.74, 6) is 2.19. The molecule has 1 aromatic heterocycles. The Balaban J connectivity index is 0.00000242. The zero-order chi connectivity index (χ0) is 15.3. The van der Waals surface area contributed by atoms with Gasteiger partial charge >= 0.3 is 0 Å². The van der Waals surface area contributed by atoms with Gasteiger partial charge < -0.3 is 14.7 Å². The second-order valence-corrected chi connectivity index (χ2v) is 6.22. The predicted molar refractivity (Wildman–Crippen MR) is 98.5 cm³/mol. The minimum atomic E-state index is 0. The van der Waals surface area contributed by atoms with E-state index in [1.54, 1.807) is 6.92 Å². The molecule has 22 heavy (non-hydrogen) atoms. The van der Waals surface area contributed by atoms with E-state index in [0.29, 0.717) is 23.7 Å². The molecule has 0 bridgehead atoms. The minimum Gasteiger partial charge on any atom is -0.349 e. The van der Waals surface area contributed by atoms with Crippen LogP contribution in [0, 0.1) is 12.3 Å². The van der Waals surface area contributed by atoms with Gasteiger partial charge in [-0.1, -0.05) is 25.4 Å². The molecule has 0 amide bonds. The van der Waals surface area contributed by atoms with Gasteiger partial charge in [-0.05, 0) is 24.7 Å². The minimum absolute atomic E-state index is 0. The van der Waals surface area contributed by atoms with Crippen molar-refractivity contribution >= 4 is 29.9 Å². The molecule has 0 radical (unpaired) electrons. The number of guanidine groups is 1. The summed E-state index contributed by atoms with van der Waals surface area (Å²) in [6.45, 7) is 9.11. The number of rotatable bonds is 4. The molecule has 1 saturated heterocycles. The quantitative estimate of drug-likeness (QED) is 0.460. The van der Waals surface area contributed by atoms with Gasteiger partial charge in [-0.3, -0.25) is 4.99 Å². The third kappa shape index (κ3) is 5.10. The fourth-order valence-corrected chi connectivity index (χ4v) is 3.21. The highest BCUT2D eigenvalue weighted by Gasteiger charge is 2.31. The van der Waals surface area contributed by atoms with Gasteiger partial charge in [-0.2, -0.15) is 4.98 Å². The molecular weight excluding hydrogens is 393 g/mol. The summed E-state index contributed by atoms with van der Waals surface area (Å²) >= 11 is 0. The van der Waals surface area contributed by atoms with E-state index < -0.39 is 0 Å². The fraction of sp³-hybridized carbons (Fsp3) is 0.800. The summed E-state index contributed by atoms with van der Waals surface area (Å²) in [4.78, 5) is 11.0. The van der Waals surface area contributed by atoms with Crippen molar-refractivity contribution < 1.29 is 4.52 Å². The molecule has 0 aliphatic carbocycles. The molecule has 1 aliphatic rings. The Morgan fingerprint density at radius 3 is 2.86 bits per heavy atom. The number of hydrogen-bond donors (Lipinski definition) is 1. The van der Waals surface area contributed by atoms with Crippen LogP contribution in [0.2, 0.25) is 0 Å². The number of hydrogen-bond acceptors (Lipinski definition) is 4. The van der Waals surface area contributed by atoms with Crippen molar-refractivity contribution in [1.82, 2.24) is 20.4 Å². The molecule has 0 spiro atoms. The maximum Gasteiger partial charge on any atom is 0.223 e. The second-order valence-electron chi connectivity index (χ2n) is 6.22. The first-order chi connectivity index (χ1) is 10.1. The number of nitrogens with zero attached hydrogens (tertiary/aromatic N) is 4. The Bertz CT molecular complexity index is 486. The highest BCUT2D eigenvalue weighted by molar-refractivity contribution is 14.0. The molecule has 2 rings (SSSR count). The SMILES string of the molecule is CCCC1(C)CCCN(C(=NC)NCc2noc(C)n2)C1.I. The highest BCUT2D eigenvalue weighted by atomic mass is 127. The van der Waals surface area contributed by atoms with Gasteiger partial charge in [-0.15, -0.1) is 24.0 Å². The number of likely N-dealkylation sites (tertiary alicyclic amines) is 1. The molecule has 6 nitrogen and oxygen atoms in total. The van der Waals surface area contributed by atoms with Crippen LogP contribution in [0.25, 0.3) is 0 Å². The lowest BCUT2D eigenvalue weighted by molar-refractivity contribution is 0.142. The zero-order valence-electron chi connectivity index (χ0n) is 14.1. The van der Waals surface area contributed by atoms with Crippen LogP contribution in [0.4, 0.5) is 0 Å². The number of halogens is 1. The van der Waals surface area contributed by atoms with Crippen molar-refractivity contribution in [3.8, 4) is 0 Å². The Hall–Kier alpha value is -0.860. The lowest BCUT2D eigenvalue weighted by Gasteiger charge is -2.41. The van der Waals surface area contributed by atoms with Crippen LogP contribution < -0.4 is 5.32 Å². The topological polar surface area (TPSA) is 66.5 Å². The van der Waals surface area contributed by atoms with Crippen LogP contribution >= 0.6 is 24.0 Å². The van der Waals surface area contributed by atoms with Crippen molar-refractivity contribution in [2.24, 2.45) is 10.4 Å². The number of nitrogens with one attached hydrogen (secondary N) is 1. The molecule has 0 saturated carbocycles. The van der Waals surface area contributed by atoms with Gasteiger partial charge in [-0.25, -0.2) is 0 Å². The van der Waals surface area contributed by atoms with Crippen molar-refractivity contribution in [3.63, 3.8) is 0 Å². The predicted octanol–water partition coefficient (Wildman–Crippen LogP) is 2.97. The van der Waals surface area contributed by atoms with E-state index >= 15 is 0 Å². The molecule has 7 heteroatoms. The second kappa shape index (κ2) is 8.69. The van der Waals surface area contributed by atoms with E-state index in [4.69, 9.17) is 4.52 Å². The number of aliphatic imine (C=N–C) groups is 1. The lowest BCUT2D eigenvalue weighted by Crippen LogP contribution is -2.49. The Morgan fingerprint density at radius 2 is 2.27 bits per heavy atom. The maximum absolute atomic E-state index is 4.99. The van der Waals surface area contributed by atoms with Gasteiger partial charge in [0.15, 0.2) is 11.8 Å². The Morgan fingerprint density at radius 1 is 1.50 bits per heavy atom. The smallest absolute Gasteiger partial charge is 0.223 e. The molecular formula is C15H28IN5O. The van der Waals surface area contributed by atoms with E-state index in [9.17, 15) is 0 Å². The summed E-state index contributed by atoms with van der Waals surface area (Å²) in [6.07, 6.45) is 5.03. The number of aromatic nitrogens is 2. The Labute approximate surface area is 150 Å². The number of piperidine rings is 1. The zero-order valence-corrected chi connectivity index (χ0v) is 16.4. The third-order valence-corrected chi connectivity index (χ3v) is 4.12. The first-order valence-corrected chi connectivity index (χ1v) is 7.81. The van der Waals surface area contributed by atoms with E-state index in [2.05, 4.69) is 39.2 Å². The maximum atomic E-state index is 4.99. The van der Waals surface area contributed by atoms with Crippen molar-refractivity contribution in [3.05, 3.63) is 11.7 Å². The van der Waals surface area contributed by atoms with Crippen LogP contribution in [-0.2, 0) is 6.54 Å². The number of aryl methyl sites for hydroxylation is 1. The average Bonchev–Trinajstić information content (AvgIpc) is 2.85. The molecule has 1 unspecified atom stereocenters. The van der Waals surface area contributed by atoms with Crippen LogP contribution in [-0.4, -0.2) is 41.1 Å². The molecule has 126 valence electrons. The molecule has 1 atom stereocenters. The summed E-state index contributed by atoms with van der Waals surface area (Å²) in [7, 11) is 1.83. The fourth-order valence-electron chi connectivity index (χ4n) is 3.21. The Kier molecular flexibility index (Phi) is 7.58. The first kappa shape index (κ1) is 19.2. The third-order valence-electron chi connectivity index (χ3n) is 4.12. The van der Waals surface area contributed by atoms with Crippen molar-refractivity contribution in [1.29, 1.82) is 0 Å². The van der Waals surface area contributed by atoms with Crippen LogP contribution in [0.1, 0.15) is 51.2 Å². The van der Waals surface area contributed by atoms with Crippen molar-refractivity contribution in [2.75, 3.05) is 20.1 Å². The van der Waals surface area contributed by atoms with Gasteiger partial charge in [0.05, 0.1) is 6.54 Å². The van der Waals surface area contributed by atoms with Crippen molar-refractivity contribution in [2.45, 2.75) is 53.0 Å².